The summed E-state index contributed by atoms with van der Waals surface area (Å²) >= 11 is 5.63. The highest BCUT2D eigenvalue weighted by atomic mass is 35.5. The molecule has 0 aliphatic rings. The zero-order valence-corrected chi connectivity index (χ0v) is 14.9. The van der Waals surface area contributed by atoms with Crippen molar-refractivity contribution in [1.29, 1.82) is 0 Å². The quantitative estimate of drug-likeness (QED) is 0.712. The van der Waals surface area contributed by atoms with Crippen molar-refractivity contribution < 1.29 is 17.9 Å². The van der Waals surface area contributed by atoms with Crippen molar-refractivity contribution in [2.24, 2.45) is 7.05 Å². The van der Waals surface area contributed by atoms with E-state index in [1.54, 1.807) is 6.20 Å². The second kappa shape index (κ2) is 6.76. The Labute approximate surface area is 149 Å². The van der Waals surface area contributed by atoms with Crippen molar-refractivity contribution in [2.75, 3.05) is 6.54 Å². The molecule has 0 saturated carbocycles. The van der Waals surface area contributed by atoms with Crippen LogP contribution in [0.25, 0.3) is 10.9 Å². The first-order valence-electron chi connectivity index (χ1n) is 7.46. The first kappa shape index (κ1) is 17.9. The number of nitrogens with one attached hydrogen (secondary N) is 1. The molecule has 2 N–H and O–H groups in total. The molecule has 0 aliphatic carbocycles. The largest absolute Gasteiger partial charge is 0.387 e. The van der Waals surface area contributed by atoms with Crippen LogP contribution in [0, 0.1) is 5.82 Å². The zero-order valence-electron chi connectivity index (χ0n) is 13.3. The minimum Gasteiger partial charge on any atom is -0.387 e. The van der Waals surface area contributed by atoms with E-state index in [4.69, 9.17) is 11.6 Å². The summed E-state index contributed by atoms with van der Waals surface area (Å²) < 4.78 is 42.0. The molecule has 0 amide bonds. The number of sulfonamides is 1. The second-order valence-corrected chi connectivity index (χ2v) is 7.83. The molecule has 2 aromatic carbocycles. The molecule has 0 bridgehead atoms. The summed E-state index contributed by atoms with van der Waals surface area (Å²) in [4.78, 5) is -0.163. The van der Waals surface area contributed by atoms with E-state index < -0.39 is 21.9 Å². The molecule has 132 valence electrons. The maximum Gasteiger partial charge on any atom is 0.240 e. The van der Waals surface area contributed by atoms with Gasteiger partial charge in [-0.05, 0) is 24.3 Å². The molecule has 1 atom stereocenters. The second-order valence-electron chi connectivity index (χ2n) is 5.66. The third kappa shape index (κ3) is 3.55. The van der Waals surface area contributed by atoms with E-state index in [2.05, 4.69) is 4.72 Å². The number of aryl methyl sites for hydroxylation is 1. The van der Waals surface area contributed by atoms with Crippen molar-refractivity contribution >= 4 is 32.5 Å². The van der Waals surface area contributed by atoms with E-state index in [0.29, 0.717) is 5.56 Å². The number of aromatic nitrogens is 1. The Morgan fingerprint density at radius 2 is 2.00 bits per heavy atom. The van der Waals surface area contributed by atoms with Crippen LogP contribution in [-0.2, 0) is 17.1 Å². The number of rotatable bonds is 5. The summed E-state index contributed by atoms with van der Waals surface area (Å²) in [7, 11) is -2.07. The molecule has 1 heterocycles. The fraction of sp³-hybridized carbons (Fsp3) is 0.176. The number of para-hydroxylation sites is 1. The highest BCUT2D eigenvalue weighted by Crippen LogP contribution is 2.26. The van der Waals surface area contributed by atoms with E-state index in [0.717, 1.165) is 29.1 Å². The van der Waals surface area contributed by atoms with Gasteiger partial charge in [0.05, 0.1) is 16.0 Å². The lowest BCUT2D eigenvalue weighted by atomic mass is 10.1. The normalized spacial score (nSPS) is 13.3. The highest BCUT2D eigenvalue weighted by molar-refractivity contribution is 7.89. The number of halogens is 2. The summed E-state index contributed by atoms with van der Waals surface area (Å²) in [5.41, 5.74) is 1.56. The summed E-state index contributed by atoms with van der Waals surface area (Å²) in [6.45, 7) is -0.217. The minimum atomic E-state index is -3.92. The van der Waals surface area contributed by atoms with Crippen LogP contribution in [0.15, 0.2) is 53.6 Å². The van der Waals surface area contributed by atoms with Crippen molar-refractivity contribution in [1.82, 2.24) is 9.29 Å². The minimum absolute atomic E-state index is 0.163. The van der Waals surface area contributed by atoms with E-state index in [1.807, 2.05) is 35.9 Å². The molecule has 0 aliphatic heterocycles. The first-order valence-corrected chi connectivity index (χ1v) is 9.32. The number of fused-ring (bicyclic) bond motifs is 1. The Hall–Kier alpha value is -1.93. The third-order valence-corrected chi connectivity index (χ3v) is 5.67. The van der Waals surface area contributed by atoms with Crippen LogP contribution in [0.4, 0.5) is 4.39 Å². The molecule has 0 fully saturated rings. The predicted octanol–water partition coefficient (Wildman–Crippen LogP) is 2.98. The molecule has 1 aromatic heterocycles. The Kier molecular flexibility index (Phi) is 4.83. The van der Waals surface area contributed by atoms with Crippen LogP contribution < -0.4 is 4.72 Å². The molecule has 25 heavy (non-hydrogen) atoms. The van der Waals surface area contributed by atoms with Gasteiger partial charge in [0.1, 0.15) is 5.82 Å². The lowest BCUT2D eigenvalue weighted by Gasteiger charge is -2.12. The standard InChI is InChI=1S/C17H16ClFN2O3S/c1-21-10-13(12-4-2-3-5-16(12)21)17(22)9-20-25(23,24)11-6-7-15(19)14(18)8-11/h2-8,10,17,20,22H,9H2,1H3/t17-/m0/s1. The number of hydrogen-bond acceptors (Lipinski definition) is 3. The van der Waals surface area contributed by atoms with Crippen LogP contribution in [-0.4, -0.2) is 24.6 Å². The summed E-state index contributed by atoms with van der Waals surface area (Å²) in [5, 5.41) is 11.0. The maximum atomic E-state index is 13.2. The number of hydrogen-bond donors (Lipinski definition) is 2. The number of aliphatic hydroxyl groups excluding tert-OH is 1. The maximum absolute atomic E-state index is 13.2. The molecular weight excluding hydrogens is 367 g/mol. The van der Waals surface area contributed by atoms with Gasteiger partial charge in [-0.2, -0.15) is 0 Å². The van der Waals surface area contributed by atoms with Crippen LogP contribution >= 0.6 is 11.6 Å². The molecule has 8 heteroatoms. The molecule has 0 spiro atoms. The fourth-order valence-electron chi connectivity index (χ4n) is 2.66. The van der Waals surface area contributed by atoms with Gasteiger partial charge < -0.3 is 9.67 Å². The van der Waals surface area contributed by atoms with E-state index in [9.17, 15) is 17.9 Å². The predicted molar refractivity (Wildman–Crippen MR) is 94.5 cm³/mol. The van der Waals surface area contributed by atoms with Crippen LogP contribution in [0.1, 0.15) is 11.7 Å². The van der Waals surface area contributed by atoms with Crippen LogP contribution in [0.5, 0.6) is 0 Å². The molecular formula is C17H16ClFN2O3S. The monoisotopic (exact) mass is 382 g/mol. The zero-order chi connectivity index (χ0) is 18.2. The van der Waals surface area contributed by atoms with Crippen LogP contribution in [0.3, 0.4) is 0 Å². The van der Waals surface area contributed by atoms with Crippen molar-refractivity contribution in [3.05, 3.63) is 65.1 Å². The summed E-state index contributed by atoms with van der Waals surface area (Å²) in [6.07, 6.45) is 0.732. The average molecular weight is 383 g/mol. The van der Waals surface area contributed by atoms with Gasteiger partial charge in [-0.15, -0.1) is 0 Å². The summed E-state index contributed by atoms with van der Waals surface area (Å²) in [5.74, 6) is -0.698. The van der Waals surface area contributed by atoms with Crippen LogP contribution in [0.2, 0.25) is 5.02 Å². The van der Waals surface area contributed by atoms with E-state index in [-0.39, 0.29) is 16.5 Å². The number of benzene rings is 2. The smallest absolute Gasteiger partial charge is 0.240 e. The Balaban J connectivity index is 1.81. The van der Waals surface area contributed by atoms with Crippen molar-refractivity contribution in [3.8, 4) is 0 Å². The average Bonchev–Trinajstić information content (AvgIpc) is 2.92. The molecule has 3 aromatic rings. The Bertz CT molecular complexity index is 1030. The van der Waals surface area contributed by atoms with Crippen molar-refractivity contribution in [2.45, 2.75) is 11.0 Å². The highest BCUT2D eigenvalue weighted by Gasteiger charge is 2.20. The molecule has 0 unspecified atom stereocenters. The molecule has 0 saturated heterocycles. The van der Waals surface area contributed by atoms with Gasteiger partial charge in [0, 0.05) is 36.3 Å². The number of aliphatic hydroxyl groups is 1. The van der Waals surface area contributed by atoms with Gasteiger partial charge >= 0.3 is 0 Å². The molecule has 0 radical (unpaired) electrons. The van der Waals surface area contributed by atoms with Gasteiger partial charge in [0.15, 0.2) is 0 Å². The topological polar surface area (TPSA) is 71.3 Å². The van der Waals surface area contributed by atoms with E-state index >= 15 is 0 Å². The van der Waals surface area contributed by atoms with Gasteiger partial charge in [-0.3, -0.25) is 0 Å². The van der Waals surface area contributed by atoms with Gasteiger partial charge in [0.2, 0.25) is 10.0 Å². The van der Waals surface area contributed by atoms with Crippen molar-refractivity contribution in [3.63, 3.8) is 0 Å². The SMILES string of the molecule is Cn1cc([C@@H](O)CNS(=O)(=O)c2ccc(F)c(Cl)c2)c2ccccc21. The van der Waals surface area contributed by atoms with Gasteiger partial charge in [-0.25, -0.2) is 17.5 Å². The fourth-order valence-corrected chi connectivity index (χ4v) is 3.97. The lowest BCUT2D eigenvalue weighted by Crippen LogP contribution is -2.28. The van der Waals surface area contributed by atoms with E-state index in [1.165, 1.54) is 0 Å². The molecule has 5 nitrogen and oxygen atoms in total. The Morgan fingerprint density at radius 3 is 2.72 bits per heavy atom. The molecule has 3 rings (SSSR count). The first-order chi connectivity index (χ1) is 11.8. The van der Waals surface area contributed by atoms with Gasteiger partial charge in [-0.1, -0.05) is 29.8 Å². The summed E-state index contributed by atoms with van der Waals surface area (Å²) in [6, 6.07) is 10.6. The number of nitrogens with zero attached hydrogens (tertiary/aromatic N) is 1. The Morgan fingerprint density at radius 1 is 1.28 bits per heavy atom. The third-order valence-electron chi connectivity index (χ3n) is 3.95. The van der Waals surface area contributed by atoms with Gasteiger partial charge in [0.25, 0.3) is 0 Å². The lowest BCUT2D eigenvalue weighted by molar-refractivity contribution is 0.183.